The zero-order valence-corrected chi connectivity index (χ0v) is 20.3. The molecule has 2 aromatic rings. The highest BCUT2D eigenvalue weighted by Crippen LogP contribution is 2.34. The van der Waals surface area contributed by atoms with Crippen molar-refractivity contribution in [3.05, 3.63) is 64.7 Å². The van der Waals surface area contributed by atoms with E-state index in [1.54, 1.807) is 12.1 Å². The molecule has 0 bridgehead atoms. The van der Waals surface area contributed by atoms with E-state index in [2.05, 4.69) is 4.90 Å². The lowest BCUT2D eigenvalue weighted by molar-refractivity contribution is -0.149. The fraction of sp³-hybridized carbons (Fsp3) is 0.423. The minimum atomic E-state index is -0.195. The van der Waals surface area contributed by atoms with Crippen LogP contribution in [0, 0.1) is 5.92 Å². The molecular formula is C26H30ClN3O4. The normalized spacial score (nSPS) is 19.1. The summed E-state index contributed by atoms with van der Waals surface area (Å²) in [6.45, 7) is 3.85. The molecule has 2 aromatic carbocycles. The molecule has 2 heterocycles. The summed E-state index contributed by atoms with van der Waals surface area (Å²) < 4.78 is 10.4. The summed E-state index contributed by atoms with van der Waals surface area (Å²) >= 11 is 6.09. The third-order valence-electron chi connectivity index (χ3n) is 6.41. The van der Waals surface area contributed by atoms with Crippen molar-refractivity contribution in [3.63, 3.8) is 0 Å². The molecule has 0 N–H and O–H groups in total. The number of hydrogen-bond acceptors (Lipinski definition) is 6. The number of halogens is 1. The number of hydrogen-bond donors (Lipinski definition) is 0. The van der Waals surface area contributed by atoms with E-state index in [9.17, 15) is 9.59 Å². The van der Waals surface area contributed by atoms with Gasteiger partial charge in [-0.15, -0.1) is 0 Å². The molecule has 0 saturated carbocycles. The van der Waals surface area contributed by atoms with Crippen LogP contribution in [0.5, 0.6) is 5.75 Å². The molecular weight excluding hydrogens is 454 g/mol. The van der Waals surface area contributed by atoms with Crippen molar-refractivity contribution in [3.8, 4) is 5.75 Å². The number of nitrogens with zero attached hydrogens (tertiary/aromatic N) is 3. The minimum Gasteiger partial charge on any atom is -0.497 e. The first-order valence-electron chi connectivity index (χ1n) is 11.7. The number of methoxy groups -OCH3 is 1. The van der Waals surface area contributed by atoms with Gasteiger partial charge in [0, 0.05) is 11.4 Å². The summed E-state index contributed by atoms with van der Waals surface area (Å²) in [5.41, 5.74) is 2.81. The number of esters is 1. The fourth-order valence-corrected chi connectivity index (χ4v) is 4.62. The SMILES string of the molecule is CCOC(=O)C1CCN(CC(=O)N2N=C(c3ccc(OC)cc3)C[C@@H]2c2ccc(Cl)cc2)CC1. The van der Waals surface area contributed by atoms with Gasteiger partial charge in [-0.3, -0.25) is 14.5 Å². The molecule has 34 heavy (non-hydrogen) atoms. The first kappa shape index (κ1) is 24.2. The maximum atomic E-state index is 13.4. The number of carbonyl (C=O) groups is 2. The summed E-state index contributed by atoms with van der Waals surface area (Å²) in [4.78, 5) is 27.5. The van der Waals surface area contributed by atoms with Crippen LogP contribution in [0.15, 0.2) is 53.6 Å². The van der Waals surface area contributed by atoms with Gasteiger partial charge in [0.05, 0.1) is 37.9 Å². The quantitative estimate of drug-likeness (QED) is 0.549. The average Bonchev–Trinajstić information content (AvgIpc) is 3.31. The van der Waals surface area contributed by atoms with Gasteiger partial charge in [0.1, 0.15) is 5.75 Å². The number of hydrazone groups is 1. The largest absolute Gasteiger partial charge is 0.497 e. The Bertz CT molecular complexity index is 1030. The van der Waals surface area contributed by atoms with Crippen molar-refractivity contribution in [1.82, 2.24) is 9.91 Å². The number of carbonyl (C=O) groups excluding carboxylic acids is 2. The lowest BCUT2D eigenvalue weighted by Gasteiger charge is -2.31. The molecule has 1 amide bonds. The molecule has 8 heteroatoms. The van der Waals surface area contributed by atoms with Crippen molar-refractivity contribution in [2.45, 2.75) is 32.2 Å². The maximum Gasteiger partial charge on any atom is 0.309 e. The number of benzene rings is 2. The Labute approximate surface area is 205 Å². The van der Waals surface area contributed by atoms with E-state index >= 15 is 0 Å². The van der Waals surface area contributed by atoms with Crippen molar-refractivity contribution >= 4 is 29.2 Å². The van der Waals surface area contributed by atoms with Crippen LogP contribution in [0.4, 0.5) is 0 Å². The summed E-state index contributed by atoms with van der Waals surface area (Å²) in [5.74, 6) is 0.498. The Morgan fingerprint density at radius 3 is 2.35 bits per heavy atom. The molecule has 1 saturated heterocycles. The summed E-state index contributed by atoms with van der Waals surface area (Å²) in [7, 11) is 1.63. The van der Waals surface area contributed by atoms with Crippen molar-refractivity contribution in [2.75, 3.05) is 33.4 Å². The second kappa shape index (κ2) is 11.0. The molecule has 180 valence electrons. The second-order valence-electron chi connectivity index (χ2n) is 8.59. The number of rotatable bonds is 7. The molecule has 0 aromatic heterocycles. The molecule has 1 fully saturated rings. The summed E-state index contributed by atoms with van der Waals surface area (Å²) in [6, 6.07) is 15.1. The Balaban J connectivity index is 1.48. The summed E-state index contributed by atoms with van der Waals surface area (Å²) in [5, 5.41) is 7.02. The van der Waals surface area contributed by atoms with E-state index in [0.717, 1.165) is 22.6 Å². The van der Waals surface area contributed by atoms with E-state index in [1.807, 2.05) is 55.5 Å². The molecule has 7 nitrogen and oxygen atoms in total. The number of likely N-dealkylation sites (tertiary alicyclic amines) is 1. The van der Waals surface area contributed by atoms with Crippen LogP contribution in [-0.4, -0.2) is 60.8 Å². The molecule has 4 rings (SSSR count). The van der Waals surface area contributed by atoms with Crippen LogP contribution in [0.25, 0.3) is 0 Å². The van der Waals surface area contributed by atoms with Crippen LogP contribution < -0.4 is 4.74 Å². The molecule has 0 aliphatic carbocycles. The smallest absolute Gasteiger partial charge is 0.309 e. The highest BCUT2D eigenvalue weighted by Gasteiger charge is 2.35. The molecule has 0 spiro atoms. The van der Waals surface area contributed by atoms with E-state index in [1.165, 1.54) is 0 Å². The summed E-state index contributed by atoms with van der Waals surface area (Å²) in [6.07, 6.45) is 2.02. The van der Waals surface area contributed by atoms with E-state index in [4.69, 9.17) is 26.2 Å². The second-order valence-corrected chi connectivity index (χ2v) is 9.02. The maximum absolute atomic E-state index is 13.4. The van der Waals surface area contributed by atoms with Crippen LogP contribution in [0.1, 0.15) is 43.4 Å². The topological polar surface area (TPSA) is 71.4 Å². The number of amides is 1. The molecule has 0 unspecified atom stereocenters. The van der Waals surface area contributed by atoms with Crippen LogP contribution in [0.3, 0.4) is 0 Å². The fourth-order valence-electron chi connectivity index (χ4n) is 4.49. The average molecular weight is 484 g/mol. The Morgan fingerprint density at radius 2 is 1.74 bits per heavy atom. The first-order chi connectivity index (χ1) is 16.5. The molecule has 0 radical (unpaired) electrons. The third-order valence-corrected chi connectivity index (χ3v) is 6.66. The van der Waals surface area contributed by atoms with Gasteiger partial charge in [0.15, 0.2) is 0 Å². The van der Waals surface area contributed by atoms with Crippen LogP contribution in [0.2, 0.25) is 5.02 Å². The minimum absolute atomic E-state index is 0.0574. The van der Waals surface area contributed by atoms with E-state index < -0.39 is 0 Å². The lowest BCUT2D eigenvalue weighted by Crippen LogP contribution is -2.43. The predicted molar refractivity (Wildman–Crippen MR) is 131 cm³/mol. The highest BCUT2D eigenvalue weighted by molar-refractivity contribution is 6.30. The highest BCUT2D eigenvalue weighted by atomic mass is 35.5. The Kier molecular flexibility index (Phi) is 7.85. The Hall–Kier alpha value is -2.90. The van der Waals surface area contributed by atoms with Crippen molar-refractivity contribution in [1.29, 1.82) is 0 Å². The third kappa shape index (κ3) is 5.59. The number of piperidine rings is 1. The zero-order chi connectivity index (χ0) is 24.1. The van der Waals surface area contributed by atoms with Gasteiger partial charge in [0.2, 0.25) is 0 Å². The van der Waals surface area contributed by atoms with E-state index in [-0.39, 0.29) is 30.4 Å². The van der Waals surface area contributed by atoms with Gasteiger partial charge in [-0.05, 0) is 80.4 Å². The first-order valence-corrected chi connectivity index (χ1v) is 12.0. The predicted octanol–water partition coefficient (Wildman–Crippen LogP) is 4.30. The van der Waals surface area contributed by atoms with Crippen molar-refractivity contribution in [2.24, 2.45) is 11.0 Å². The zero-order valence-electron chi connectivity index (χ0n) is 19.6. The lowest BCUT2D eigenvalue weighted by atomic mass is 9.97. The van der Waals surface area contributed by atoms with Gasteiger partial charge in [-0.1, -0.05) is 23.7 Å². The van der Waals surface area contributed by atoms with Crippen molar-refractivity contribution < 1.29 is 19.1 Å². The number of ether oxygens (including phenoxy) is 2. The van der Waals surface area contributed by atoms with Gasteiger partial charge in [0.25, 0.3) is 5.91 Å². The monoisotopic (exact) mass is 483 g/mol. The van der Waals surface area contributed by atoms with Gasteiger partial charge >= 0.3 is 5.97 Å². The molecule has 1 atom stereocenters. The molecule has 2 aliphatic rings. The van der Waals surface area contributed by atoms with Gasteiger partial charge in [-0.2, -0.15) is 5.10 Å². The Morgan fingerprint density at radius 1 is 1.06 bits per heavy atom. The standard InChI is InChI=1S/C26H30ClN3O4/c1-3-34-26(32)20-12-14-29(15-13-20)17-25(31)30-24(19-4-8-21(27)9-5-19)16-23(28-30)18-6-10-22(33-2)11-7-18/h4-11,20,24H,3,12-17H2,1-2H3/t24-/m1/s1. The van der Waals surface area contributed by atoms with Gasteiger partial charge in [-0.25, -0.2) is 5.01 Å². The van der Waals surface area contributed by atoms with Crippen LogP contribution in [-0.2, 0) is 14.3 Å². The van der Waals surface area contributed by atoms with E-state index in [0.29, 0.717) is 44.0 Å². The molecule has 2 aliphatic heterocycles. The van der Waals surface area contributed by atoms with Crippen LogP contribution >= 0.6 is 11.6 Å². The van der Waals surface area contributed by atoms with Gasteiger partial charge < -0.3 is 9.47 Å².